The molecule has 0 radical (unpaired) electrons. The summed E-state index contributed by atoms with van der Waals surface area (Å²) in [6.07, 6.45) is 2.45. The minimum absolute atomic E-state index is 0.329. The molecular weight excluding hydrogens is 182 g/mol. The van der Waals surface area contributed by atoms with E-state index in [0.29, 0.717) is 30.3 Å². The van der Waals surface area contributed by atoms with Crippen LogP contribution in [0.2, 0.25) is 0 Å². The van der Waals surface area contributed by atoms with Crippen molar-refractivity contribution in [3.63, 3.8) is 0 Å². The van der Waals surface area contributed by atoms with Crippen LogP contribution in [0.4, 0.5) is 0 Å². The predicted molar refractivity (Wildman–Crippen MR) is 49.4 cm³/mol. The standard InChI is InChI=1S/C9H15N3O2/c1-6-11-9(14-12-6)5-13-8-2-7(3-8)4-10/h7-8H,2-5,10H2,1H3. The lowest BCUT2D eigenvalue weighted by Crippen LogP contribution is -2.35. The van der Waals surface area contributed by atoms with Gasteiger partial charge in [0.15, 0.2) is 5.82 Å². The van der Waals surface area contributed by atoms with Gasteiger partial charge in [0, 0.05) is 0 Å². The van der Waals surface area contributed by atoms with Gasteiger partial charge in [-0.15, -0.1) is 0 Å². The second-order valence-electron chi connectivity index (χ2n) is 3.74. The van der Waals surface area contributed by atoms with Crippen LogP contribution in [0.15, 0.2) is 4.52 Å². The number of aryl methyl sites for hydroxylation is 1. The highest BCUT2D eigenvalue weighted by Gasteiger charge is 2.28. The van der Waals surface area contributed by atoms with Crippen LogP contribution in [0.3, 0.4) is 0 Å². The number of nitrogens with two attached hydrogens (primary N) is 1. The van der Waals surface area contributed by atoms with E-state index in [1.165, 1.54) is 0 Å². The summed E-state index contributed by atoms with van der Waals surface area (Å²) in [7, 11) is 0. The van der Waals surface area contributed by atoms with Crippen LogP contribution in [0.5, 0.6) is 0 Å². The lowest BCUT2D eigenvalue weighted by Gasteiger charge is -2.33. The summed E-state index contributed by atoms with van der Waals surface area (Å²) in [6, 6.07) is 0. The summed E-state index contributed by atoms with van der Waals surface area (Å²) >= 11 is 0. The maximum absolute atomic E-state index is 5.56. The fraction of sp³-hybridized carbons (Fsp3) is 0.778. The molecule has 78 valence electrons. The van der Waals surface area contributed by atoms with Crippen molar-refractivity contribution in [3.8, 4) is 0 Å². The first-order valence-electron chi connectivity index (χ1n) is 4.88. The Morgan fingerprint density at radius 3 is 2.93 bits per heavy atom. The van der Waals surface area contributed by atoms with E-state index >= 15 is 0 Å². The van der Waals surface area contributed by atoms with Crippen molar-refractivity contribution in [1.82, 2.24) is 10.1 Å². The van der Waals surface area contributed by atoms with E-state index in [4.69, 9.17) is 15.0 Å². The van der Waals surface area contributed by atoms with Gasteiger partial charge >= 0.3 is 0 Å². The summed E-state index contributed by atoms with van der Waals surface area (Å²) < 4.78 is 10.5. The Hall–Kier alpha value is -0.940. The Bertz CT molecular complexity index is 294. The molecule has 0 spiro atoms. The molecule has 0 aliphatic heterocycles. The summed E-state index contributed by atoms with van der Waals surface area (Å²) in [5.74, 6) is 1.85. The highest BCUT2D eigenvalue weighted by atomic mass is 16.5. The summed E-state index contributed by atoms with van der Waals surface area (Å²) in [4.78, 5) is 4.05. The highest BCUT2D eigenvalue weighted by molar-refractivity contribution is 4.83. The van der Waals surface area contributed by atoms with Gasteiger partial charge in [-0.1, -0.05) is 5.16 Å². The van der Waals surface area contributed by atoms with E-state index in [9.17, 15) is 0 Å². The average molecular weight is 197 g/mol. The molecule has 1 aromatic rings. The maximum atomic E-state index is 5.56. The molecule has 2 N–H and O–H groups in total. The number of hydrogen-bond acceptors (Lipinski definition) is 5. The lowest BCUT2D eigenvalue weighted by molar-refractivity contribution is -0.0459. The van der Waals surface area contributed by atoms with Crippen molar-refractivity contribution in [2.24, 2.45) is 11.7 Å². The van der Waals surface area contributed by atoms with Crippen LogP contribution in [-0.4, -0.2) is 22.8 Å². The zero-order valence-corrected chi connectivity index (χ0v) is 8.27. The Morgan fingerprint density at radius 2 is 2.36 bits per heavy atom. The van der Waals surface area contributed by atoms with E-state index in [1.807, 2.05) is 0 Å². The molecule has 1 aliphatic rings. The molecule has 1 saturated carbocycles. The van der Waals surface area contributed by atoms with Crippen molar-refractivity contribution < 1.29 is 9.26 Å². The minimum atomic E-state index is 0.329. The molecule has 0 atom stereocenters. The van der Waals surface area contributed by atoms with Gasteiger partial charge in [-0.05, 0) is 32.2 Å². The molecule has 0 aromatic carbocycles. The van der Waals surface area contributed by atoms with E-state index < -0.39 is 0 Å². The summed E-state index contributed by atoms with van der Waals surface area (Å²) in [5, 5.41) is 3.68. The third-order valence-electron chi connectivity index (χ3n) is 2.54. The van der Waals surface area contributed by atoms with Crippen LogP contribution >= 0.6 is 0 Å². The van der Waals surface area contributed by atoms with E-state index in [0.717, 1.165) is 19.4 Å². The molecule has 5 nitrogen and oxygen atoms in total. The van der Waals surface area contributed by atoms with Gasteiger partial charge in [0.25, 0.3) is 5.89 Å². The van der Waals surface area contributed by atoms with Crippen LogP contribution < -0.4 is 5.73 Å². The van der Waals surface area contributed by atoms with Crippen LogP contribution in [0.1, 0.15) is 24.6 Å². The first kappa shape index (κ1) is 9.61. The van der Waals surface area contributed by atoms with Crippen LogP contribution in [-0.2, 0) is 11.3 Å². The molecule has 0 bridgehead atoms. The van der Waals surface area contributed by atoms with Crippen molar-refractivity contribution in [1.29, 1.82) is 0 Å². The van der Waals surface area contributed by atoms with E-state index in [1.54, 1.807) is 6.92 Å². The topological polar surface area (TPSA) is 74.2 Å². The quantitative estimate of drug-likeness (QED) is 0.766. The Balaban J connectivity index is 1.69. The number of aromatic nitrogens is 2. The van der Waals surface area contributed by atoms with Gasteiger partial charge in [0.2, 0.25) is 0 Å². The van der Waals surface area contributed by atoms with Crippen molar-refractivity contribution in [2.45, 2.75) is 32.5 Å². The number of hydrogen-bond donors (Lipinski definition) is 1. The van der Waals surface area contributed by atoms with Crippen molar-refractivity contribution in [3.05, 3.63) is 11.7 Å². The second kappa shape index (κ2) is 4.06. The number of nitrogens with zero attached hydrogens (tertiary/aromatic N) is 2. The molecule has 14 heavy (non-hydrogen) atoms. The SMILES string of the molecule is Cc1noc(COC2CC(CN)C2)n1. The second-order valence-corrected chi connectivity index (χ2v) is 3.74. The molecule has 0 unspecified atom stereocenters. The van der Waals surface area contributed by atoms with Gasteiger partial charge in [-0.25, -0.2) is 0 Å². The first-order valence-corrected chi connectivity index (χ1v) is 4.88. The van der Waals surface area contributed by atoms with Crippen LogP contribution in [0, 0.1) is 12.8 Å². The Kier molecular flexibility index (Phi) is 2.79. The highest BCUT2D eigenvalue weighted by Crippen LogP contribution is 2.29. The Labute approximate surface area is 82.6 Å². The normalized spacial score (nSPS) is 26.1. The largest absolute Gasteiger partial charge is 0.368 e. The number of rotatable bonds is 4. The van der Waals surface area contributed by atoms with Gasteiger partial charge < -0.3 is 15.0 Å². The van der Waals surface area contributed by atoms with Crippen molar-refractivity contribution in [2.75, 3.05) is 6.54 Å². The van der Waals surface area contributed by atoms with Gasteiger partial charge in [-0.2, -0.15) is 4.98 Å². The van der Waals surface area contributed by atoms with Crippen molar-refractivity contribution >= 4 is 0 Å². The molecule has 1 fully saturated rings. The monoisotopic (exact) mass is 197 g/mol. The van der Waals surface area contributed by atoms with Gasteiger partial charge in [-0.3, -0.25) is 0 Å². The maximum Gasteiger partial charge on any atom is 0.252 e. The Morgan fingerprint density at radius 1 is 1.57 bits per heavy atom. The van der Waals surface area contributed by atoms with E-state index in [2.05, 4.69) is 10.1 Å². The molecule has 0 amide bonds. The van der Waals surface area contributed by atoms with Gasteiger partial charge in [0.1, 0.15) is 6.61 Å². The zero-order chi connectivity index (χ0) is 9.97. The van der Waals surface area contributed by atoms with E-state index in [-0.39, 0.29) is 0 Å². The fourth-order valence-corrected chi connectivity index (χ4v) is 1.59. The third kappa shape index (κ3) is 2.10. The molecule has 1 aromatic heterocycles. The molecule has 0 saturated heterocycles. The summed E-state index contributed by atoms with van der Waals surface area (Å²) in [5.41, 5.74) is 5.51. The van der Waals surface area contributed by atoms with Gasteiger partial charge in [0.05, 0.1) is 6.10 Å². The minimum Gasteiger partial charge on any atom is -0.368 e. The molecule has 1 heterocycles. The molecule has 1 aliphatic carbocycles. The molecular formula is C9H15N3O2. The smallest absolute Gasteiger partial charge is 0.252 e. The fourth-order valence-electron chi connectivity index (χ4n) is 1.59. The zero-order valence-electron chi connectivity index (χ0n) is 8.27. The number of ether oxygens (including phenoxy) is 1. The first-order chi connectivity index (χ1) is 6.78. The average Bonchev–Trinajstić information content (AvgIpc) is 2.49. The lowest BCUT2D eigenvalue weighted by atomic mass is 9.82. The predicted octanol–water partition coefficient (Wildman–Crippen LogP) is 0.632. The van der Waals surface area contributed by atoms with Crippen LogP contribution in [0.25, 0.3) is 0 Å². The summed E-state index contributed by atoms with van der Waals surface area (Å²) in [6.45, 7) is 2.98. The molecule has 5 heteroatoms. The third-order valence-corrected chi connectivity index (χ3v) is 2.54. The molecule has 2 rings (SSSR count).